The zero-order valence-electron chi connectivity index (χ0n) is 27.0. The quantitative estimate of drug-likeness (QED) is 0.176. The fourth-order valence-electron chi connectivity index (χ4n) is 6.18. The van der Waals surface area contributed by atoms with Crippen molar-refractivity contribution in [3.05, 3.63) is 182 Å². The van der Waals surface area contributed by atoms with E-state index in [4.69, 9.17) is 9.97 Å². The molecule has 0 aliphatic rings. The summed E-state index contributed by atoms with van der Waals surface area (Å²) >= 11 is 0. The van der Waals surface area contributed by atoms with Crippen LogP contribution in [0.3, 0.4) is 0 Å². The Hall–Kier alpha value is -6.52. The summed E-state index contributed by atoms with van der Waals surface area (Å²) < 4.78 is 0. The van der Waals surface area contributed by atoms with Crippen molar-refractivity contribution in [1.29, 1.82) is 0 Å². The molecular weight excluding hydrogens is 597 g/mol. The number of hydrogen-bond donors (Lipinski definition) is 0. The zero-order chi connectivity index (χ0) is 33.0. The van der Waals surface area contributed by atoms with Gasteiger partial charge in [0.05, 0.1) is 17.1 Å². The molecule has 0 radical (unpaired) electrons. The fourth-order valence-corrected chi connectivity index (χ4v) is 6.18. The minimum absolute atomic E-state index is 0.677. The Bertz CT molecular complexity index is 2290. The predicted octanol–water partition coefficient (Wildman–Crippen LogP) is 11.2. The number of aryl methyl sites for hydroxylation is 1. The van der Waals surface area contributed by atoms with Gasteiger partial charge in [0.15, 0.2) is 5.82 Å². The molecule has 0 N–H and O–H groups in total. The molecule has 0 aliphatic carbocycles. The summed E-state index contributed by atoms with van der Waals surface area (Å²) in [6.07, 6.45) is 3.66. The molecule has 232 valence electrons. The van der Waals surface area contributed by atoms with Gasteiger partial charge >= 0.3 is 0 Å². The Kier molecular flexibility index (Phi) is 8.11. The van der Waals surface area contributed by atoms with E-state index in [0.717, 1.165) is 78.4 Å². The van der Waals surface area contributed by atoms with Gasteiger partial charge in [0.25, 0.3) is 0 Å². The average molecular weight is 629 g/mol. The molecular formula is C45H32N4. The van der Waals surface area contributed by atoms with Crippen LogP contribution in [0.5, 0.6) is 0 Å². The third kappa shape index (κ3) is 6.40. The summed E-state index contributed by atoms with van der Waals surface area (Å²) in [4.78, 5) is 19.4. The van der Waals surface area contributed by atoms with E-state index in [9.17, 15) is 0 Å². The van der Waals surface area contributed by atoms with Crippen molar-refractivity contribution in [2.75, 3.05) is 0 Å². The monoisotopic (exact) mass is 628 g/mol. The average Bonchev–Trinajstić information content (AvgIpc) is 3.19. The smallest absolute Gasteiger partial charge is 0.160 e. The van der Waals surface area contributed by atoms with Gasteiger partial charge in [-0.3, -0.25) is 9.97 Å². The fraction of sp³-hybridized carbons (Fsp3) is 0.0222. The Balaban J connectivity index is 1.28. The Labute approximate surface area is 286 Å². The van der Waals surface area contributed by atoms with Gasteiger partial charge in [-0.2, -0.15) is 0 Å². The highest BCUT2D eigenvalue weighted by atomic mass is 14.9. The lowest BCUT2D eigenvalue weighted by atomic mass is 9.93. The second-order valence-corrected chi connectivity index (χ2v) is 12.0. The highest BCUT2D eigenvalue weighted by molar-refractivity contribution is 5.82. The van der Waals surface area contributed by atoms with Crippen LogP contribution in [0.2, 0.25) is 0 Å². The molecule has 3 heterocycles. The summed E-state index contributed by atoms with van der Waals surface area (Å²) in [7, 11) is 0. The molecule has 0 atom stereocenters. The van der Waals surface area contributed by atoms with E-state index < -0.39 is 0 Å². The van der Waals surface area contributed by atoms with Crippen LogP contribution in [-0.4, -0.2) is 19.9 Å². The lowest BCUT2D eigenvalue weighted by molar-refractivity contribution is 1.18. The van der Waals surface area contributed by atoms with E-state index in [-0.39, 0.29) is 0 Å². The lowest BCUT2D eigenvalue weighted by Crippen LogP contribution is -1.97. The first-order chi connectivity index (χ1) is 24.2. The summed E-state index contributed by atoms with van der Waals surface area (Å²) in [6.45, 7) is 2.05. The van der Waals surface area contributed by atoms with Crippen LogP contribution in [0.25, 0.3) is 78.5 Å². The summed E-state index contributed by atoms with van der Waals surface area (Å²) in [5, 5.41) is 0. The number of nitrogens with zero attached hydrogens (tertiary/aromatic N) is 4. The maximum atomic E-state index is 5.16. The van der Waals surface area contributed by atoms with E-state index in [2.05, 4.69) is 113 Å². The summed E-state index contributed by atoms with van der Waals surface area (Å²) in [6, 6.07) is 56.8. The molecule has 3 aromatic heterocycles. The van der Waals surface area contributed by atoms with Crippen LogP contribution >= 0.6 is 0 Å². The number of benzene rings is 5. The topological polar surface area (TPSA) is 51.6 Å². The van der Waals surface area contributed by atoms with Crippen LogP contribution in [0.15, 0.2) is 176 Å². The second-order valence-electron chi connectivity index (χ2n) is 12.0. The van der Waals surface area contributed by atoms with Crippen molar-refractivity contribution in [2.24, 2.45) is 0 Å². The number of pyridine rings is 2. The zero-order valence-corrected chi connectivity index (χ0v) is 27.0. The molecule has 8 rings (SSSR count). The Morgan fingerprint density at radius 3 is 1.37 bits per heavy atom. The van der Waals surface area contributed by atoms with Gasteiger partial charge in [0.2, 0.25) is 0 Å². The van der Waals surface area contributed by atoms with Gasteiger partial charge in [-0.25, -0.2) is 9.97 Å². The molecule has 0 unspecified atom stereocenters. The van der Waals surface area contributed by atoms with Crippen LogP contribution in [0, 0.1) is 6.92 Å². The molecule has 0 fully saturated rings. The normalized spacial score (nSPS) is 11.0. The Morgan fingerprint density at radius 2 is 0.816 bits per heavy atom. The number of aromatic nitrogens is 4. The van der Waals surface area contributed by atoms with E-state index in [1.807, 2.05) is 80.0 Å². The van der Waals surface area contributed by atoms with Crippen molar-refractivity contribution in [3.63, 3.8) is 0 Å². The highest BCUT2D eigenvalue weighted by Crippen LogP contribution is 2.35. The van der Waals surface area contributed by atoms with Gasteiger partial charge in [-0.1, -0.05) is 121 Å². The first kappa shape index (κ1) is 29.9. The molecule has 0 amide bonds. The first-order valence-electron chi connectivity index (χ1n) is 16.4. The summed E-state index contributed by atoms with van der Waals surface area (Å²) in [5.41, 5.74) is 14.5. The van der Waals surface area contributed by atoms with Gasteiger partial charge in [-0.15, -0.1) is 0 Å². The third-order valence-electron chi connectivity index (χ3n) is 8.77. The molecule has 0 bridgehead atoms. The molecule has 49 heavy (non-hydrogen) atoms. The van der Waals surface area contributed by atoms with Crippen LogP contribution in [0.1, 0.15) is 5.69 Å². The maximum absolute atomic E-state index is 5.16. The van der Waals surface area contributed by atoms with Crippen molar-refractivity contribution in [1.82, 2.24) is 19.9 Å². The molecule has 4 heteroatoms. The van der Waals surface area contributed by atoms with Crippen LogP contribution in [0.4, 0.5) is 0 Å². The van der Waals surface area contributed by atoms with Crippen LogP contribution in [-0.2, 0) is 0 Å². The SMILES string of the molecule is Cc1ncccc1-c1ccc(-c2cc(-c3ccc(-c4ccccn4)cc3)cc(-c3nc(-c4ccccc4)cc(-c4ccccc4)n3)c2)cc1. The van der Waals surface area contributed by atoms with Crippen molar-refractivity contribution >= 4 is 0 Å². The van der Waals surface area contributed by atoms with E-state index in [1.54, 1.807) is 0 Å². The Morgan fingerprint density at radius 1 is 0.327 bits per heavy atom. The number of hydrogen-bond acceptors (Lipinski definition) is 4. The molecule has 0 saturated heterocycles. The van der Waals surface area contributed by atoms with Crippen molar-refractivity contribution < 1.29 is 0 Å². The second kappa shape index (κ2) is 13.3. The van der Waals surface area contributed by atoms with Gasteiger partial charge in [-0.05, 0) is 77.2 Å². The minimum Gasteiger partial charge on any atom is -0.261 e. The largest absolute Gasteiger partial charge is 0.261 e. The highest BCUT2D eigenvalue weighted by Gasteiger charge is 2.14. The molecule has 0 saturated carbocycles. The molecule has 0 aliphatic heterocycles. The standard InChI is InChI=1S/C45H32N4/c1-31-41(15-10-26-46-31)34-21-17-32(18-22-34)38-27-39(33-19-23-37(24-20-33)42-16-8-9-25-47-42)29-40(28-38)45-48-43(35-11-4-2-5-12-35)30-44(49-45)36-13-6-3-7-14-36/h2-30H,1H3. The van der Waals surface area contributed by atoms with E-state index >= 15 is 0 Å². The van der Waals surface area contributed by atoms with Crippen molar-refractivity contribution in [3.8, 4) is 78.5 Å². The molecule has 5 aromatic carbocycles. The maximum Gasteiger partial charge on any atom is 0.160 e. The van der Waals surface area contributed by atoms with Gasteiger partial charge in [0.1, 0.15) is 0 Å². The predicted molar refractivity (Wildman–Crippen MR) is 200 cm³/mol. The number of rotatable bonds is 7. The molecule has 8 aromatic rings. The van der Waals surface area contributed by atoms with E-state index in [1.165, 1.54) is 0 Å². The third-order valence-corrected chi connectivity index (χ3v) is 8.77. The van der Waals surface area contributed by atoms with Crippen LogP contribution < -0.4 is 0 Å². The van der Waals surface area contributed by atoms with E-state index in [0.29, 0.717) is 5.82 Å². The molecule has 0 spiro atoms. The first-order valence-corrected chi connectivity index (χ1v) is 16.4. The summed E-state index contributed by atoms with van der Waals surface area (Å²) in [5.74, 6) is 0.677. The molecule has 4 nitrogen and oxygen atoms in total. The van der Waals surface area contributed by atoms with Gasteiger partial charge in [0, 0.05) is 45.9 Å². The minimum atomic E-state index is 0.677. The van der Waals surface area contributed by atoms with Gasteiger partial charge < -0.3 is 0 Å². The van der Waals surface area contributed by atoms with Crippen molar-refractivity contribution in [2.45, 2.75) is 6.92 Å². The lowest BCUT2D eigenvalue weighted by Gasteiger charge is -2.14.